The van der Waals surface area contributed by atoms with Crippen LogP contribution in [0.1, 0.15) is 45.0 Å². The zero-order valence-electron chi connectivity index (χ0n) is 26.7. The van der Waals surface area contributed by atoms with E-state index < -0.39 is 0 Å². The SMILES string of the molecule is N#Cc1cccc(-c2noc(C3COCCN3Cc3nccs3)n2)c1.N#Cc1cccc(-c2noc(C3COCCN3Cc3nccs3)n2)c1. The second-order valence-corrected chi connectivity index (χ2v) is 13.2. The normalized spacial score (nSPS) is 18.1. The molecule has 50 heavy (non-hydrogen) atoms. The summed E-state index contributed by atoms with van der Waals surface area (Å²) in [7, 11) is 0. The minimum atomic E-state index is -0.0990. The molecule has 6 heterocycles. The van der Waals surface area contributed by atoms with Gasteiger partial charge in [-0.15, -0.1) is 22.7 Å². The van der Waals surface area contributed by atoms with Crippen LogP contribution >= 0.6 is 22.7 Å². The Labute approximate surface area is 295 Å². The predicted molar refractivity (Wildman–Crippen MR) is 181 cm³/mol. The fourth-order valence-corrected chi connectivity index (χ4v) is 6.83. The van der Waals surface area contributed by atoms with Crippen LogP contribution in [0.3, 0.4) is 0 Å². The average Bonchev–Trinajstić information content (AvgIpc) is 4.02. The van der Waals surface area contributed by atoms with Crippen molar-refractivity contribution in [2.24, 2.45) is 0 Å². The first-order chi connectivity index (χ1) is 24.7. The van der Waals surface area contributed by atoms with Gasteiger partial charge in [-0.1, -0.05) is 34.6 Å². The van der Waals surface area contributed by atoms with Crippen molar-refractivity contribution in [3.63, 3.8) is 0 Å². The highest BCUT2D eigenvalue weighted by atomic mass is 32.1. The Balaban J connectivity index is 0.000000157. The van der Waals surface area contributed by atoms with Crippen LogP contribution in [-0.4, -0.2) is 79.6 Å². The van der Waals surface area contributed by atoms with Gasteiger partial charge in [0.25, 0.3) is 0 Å². The summed E-state index contributed by atoms with van der Waals surface area (Å²) in [5.74, 6) is 2.00. The Hall–Kier alpha value is -5.20. The third kappa shape index (κ3) is 7.98. The molecular formula is C34H30N10O4S2. The lowest BCUT2D eigenvalue weighted by atomic mass is 10.1. The molecule has 252 valence electrons. The van der Waals surface area contributed by atoms with Crippen LogP contribution in [0.15, 0.2) is 80.7 Å². The zero-order chi connectivity index (χ0) is 34.1. The molecule has 8 rings (SSSR count). The molecule has 0 amide bonds. The molecule has 6 aromatic rings. The first-order valence-electron chi connectivity index (χ1n) is 15.8. The molecule has 2 atom stereocenters. The number of nitriles is 2. The molecule has 2 aromatic carbocycles. The lowest BCUT2D eigenvalue weighted by Gasteiger charge is -2.32. The predicted octanol–water partition coefficient (Wildman–Crippen LogP) is 5.28. The molecular weight excluding hydrogens is 677 g/mol. The monoisotopic (exact) mass is 706 g/mol. The fourth-order valence-electron chi connectivity index (χ4n) is 5.55. The standard InChI is InChI=1S/2C17H15N5O2S/c2*18-9-12-2-1-3-13(8-12)16-20-17(24-21-16)14-11-23-6-5-22(14)10-15-19-4-7-25-15/h2*1-4,7-8,14H,5-6,10-11H2. The molecule has 2 unspecified atom stereocenters. The van der Waals surface area contributed by atoms with Gasteiger partial charge in [-0.05, 0) is 24.3 Å². The van der Waals surface area contributed by atoms with Crippen molar-refractivity contribution < 1.29 is 18.5 Å². The summed E-state index contributed by atoms with van der Waals surface area (Å²) in [6, 6.07) is 18.4. The van der Waals surface area contributed by atoms with Crippen molar-refractivity contribution in [1.82, 2.24) is 40.0 Å². The molecule has 2 aliphatic heterocycles. The van der Waals surface area contributed by atoms with Crippen LogP contribution in [0, 0.1) is 22.7 Å². The number of benzene rings is 2. The summed E-state index contributed by atoms with van der Waals surface area (Å²) in [6.07, 6.45) is 3.62. The maximum absolute atomic E-state index is 9.03. The Morgan fingerprint density at radius 3 is 1.60 bits per heavy atom. The van der Waals surface area contributed by atoms with E-state index in [0.29, 0.717) is 61.0 Å². The van der Waals surface area contributed by atoms with Gasteiger partial charge in [0.2, 0.25) is 23.4 Å². The van der Waals surface area contributed by atoms with E-state index in [1.54, 1.807) is 46.9 Å². The average molecular weight is 707 g/mol. The molecule has 0 saturated carbocycles. The maximum atomic E-state index is 9.03. The van der Waals surface area contributed by atoms with Crippen molar-refractivity contribution in [2.75, 3.05) is 39.5 Å². The van der Waals surface area contributed by atoms with E-state index in [1.807, 2.05) is 47.4 Å². The number of aromatic nitrogens is 6. The topological polar surface area (TPSA) is 176 Å². The van der Waals surface area contributed by atoms with Crippen molar-refractivity contribution >= 4 is 22.7 Å². The molecule has 0 radical (unpaired) electrons. The second-order valence-electron chi connectivity index (χ2n) is 11.3. The third-order valence-corrected chi connectivity index (χ3v) is 9.60. The largest absolute Gasteiger partial charge is 0.378 e. The quantitative estimate of drug-likeness (QED) is 0.200. The second kappa shape index (κ2) is 16.0. The van der Waals surface area contributed by atoms with Crippen LogP contribution in [0.4, 0.5) is 0 Å². The number of rotatable bonds is 8. The van der Waals surface area contributed by atoms with Crippen LogP contribution in [0.2, 0.25) is 0 Å². The molecule has 2 saturated heterocycles. The van der Waals surface area contributed by atoms with Gasteiger partial charge < -0.3 is 18.5 Å². The molecule has 16 heteroatoms. The maximum Gasteiger partial charge on any atom is 0.246 e. The van der Waals surface area contributed by atoms with Gasteiger partial charge in [0.15, 0.2) is 0 Å². The summed E-state index contributed by atoms with van der Waals surface area (Å²) in [5.41, 5.74) is 2.65. The molecule has 2 aliphatic rings. The van der Waals surface area contributed by atoms with Gasteiger partial charge in [0.05, 0.1) is 62.8 Å². The van der Waals surface area contributed by atoms with Crippen molar-refractivity contribution in [2.45, 2.75) is 25.2 Å². The molecule has 0 aliphatic carbocycles. The van der Waals surface area contributed by atoms with Crippen LogP contribution in [0.25, 0.3) is 22.8 Å². The lowest BCUT2D eigenvalue weighted by Crippen LogP contribution is -2.39. The first kappa shape index (κ1) is 33.3. The van der Waals surface area contributed by atoms with Crippen molar-refractivity contribution in [3.8, 4) is 34.9 Å². The van der Waals surface area contributed by atoms with E-state index >= 15 is 0 Å². The van der Waals surface area contributed by atoms with Crippen molar-refractivity contribution in [3.05, 3.63) is 105 Å². The molecule has 4 aromatic heterocycles. The summed E-state index contributed by atoms with van der Waals surface area (Å²) in [5, 5.41) is 32.3. The Bertz CT molecular complexity index is 1920. The number of hydrogen-bond donors (Lipinski definition) is 0. The van der Waals surface area contributed by atoms with E-state index in [0.717, 1.165) is 47.3 Å². The van der Waals surface area contributed by atoms with E-state index in [2.05, 4.69) is 52.2 Å². The molecule has 0 bridgehead atoms. The summed E-state index contributed by atoms with van der Waals surface area (Å²) < 4.78 is 22.2. The van der Waals surface area contributed by atoms with E-state index in [1.165, 1.54) is 0 Å². The Morgan fingerprint density at radius 2 is 1.18 bits per heavy atom. The minimum absolute atomic E-state index is 0.0990. The van der Waals surface area contributed by atoms with Crippen LogP contribution in [0.5, 0.6) is 0 Å². The van der Waals surface area contributed by atoms with E-state index in [-0.39, 0.29) is 12.1 Å². The molecule has 2 fully saturated rings. The summed E-state index contributed by atoms with van der Waals surface area (Å²) >= 11 is 3.26. The minimum Gasteiger partial charge on any atom is -0.378 e. The molecule has 14 nitrogen and oxygen atoms in total. The van der Waals surface area contributed by atoms with E-state index in [9.17, 15) is 0 Å². The fraction of sp³-hybridized carbons (Fsp3) is 0.294. The highest BCUT2D eigenvalue weighted by Crippen LogP contribution is 2.29. The number of nitrogens with zero attached hydrogens (tertiary/aromatic N) is 10. The number of thiazole rings is 2. The number of ether oxygens (including phenoxy) is 2. The highest BCUT2D eigenvalue weighted by Gasteiger charge is 2.31. The lowest BCUT2D eigenvalue weighted by molar-refractivity contribution is -0.0241. The zero-order valence-corrected chi connectivity index (χ0v) is 28.3. The van der Waals surface area contributed by atoms with Crippen LogP contribution in [-0.2, 0) is 22.6 Å². The smallest absolute Gasteiger partial charge is 0.246 e. The van der Waals surface area contributed by atoms with Gasteiger partial charge in [-0.2, -0.15) is 20.5 Å². The Morgan fingerprint density at radius 1 is 0.700 bits per heavy atom. The van der Waals surface area contributed by atoms with Gasteiger partial charge >= 0.3 is 0 Å². The van der Waals surface area contributed by atoms with Gasteiger partial charge in [-0.3, -0.25) is 9.80 Å². The number of morpholine rings is 2. The van der Waals surface area contributed by atoms with E-state index in [4.69, 9.17) is 29.0 Å². The third-order valence-electron chi connectivity index (χ3n) is 8.08. The molecule has 0 N–H and O–H groups in total. The molecule has 0 spiro atoms. The first-order valence-corrected chi connectivity index (χ1v) is 17.5. The Kier molecular flexibility index (Phi) is 10.7. The number of hydrogen-bond acceptors (Lipinski definition) is 16. The highest BCUT2D eigenvalue weighted by molar-refractivity contribution is 7.09. The van der Waals surface area contributed by atoms with Crippen LogP contribution < -0.4 is 0 Å². The summed E-state index contributed by atoms with van der Waals surface area (Å²) in [6.45, 7) is 5.38. The van der Waals surface area contributed by atoms with Crippen molar-refractivity contribution in [1.29, 1.82) is 10.5 Å². The van der Waals surface area contributed by atoms with Gasteiger partial charge in [0.1, 0.15) is 22.1 Å². The van der Waals surface area contributed by atoms with Gasteiger partial charge in [0, 0.05) is 47.4 Å². The van der Waals surface area contributed by atoms with Gasteiger partial charge in [-0.25, -0.2) is 9.97 Å². The summed E-state index contributed by atoms with van der Waals surface area (Å²) in [4.78, 5) is 22.2.